The summed E-state index contributed by atoms with van der Waals surface area (Å²) < 4.78 is 6.27. The first-order chi connectivity index (χ1) is 16.7. The molecule has 1 aliphatic rings. The number of nitro benzene ring substituents is 1. The van der Waals surface area contributed by atoms with Crippen LogP contribution in [0.1, 0.15) is 27.0 Å². The standard InChI is InChI=1S/C25H17BrN2O6S/c1-15-2-6-17(7-3-15)24(30)34-21-11-8-19(26)12-18(21)13-22-23(29)27(25(31)35-22)14-16-4-9-20(10-5-16)28(32)33/h2-13H,14H2,1H3/b22-13-. The van der Waals surface area contributed by atoms with Crippen molar-refractivity contribution >= 4 is 56.6 Å². The van der Waals surface area contributed by atoms with Gasteiger partial charge < -0.3 is 4.74 Å². The van der Waals surface area contributed by atoms with Gasteiger partial charge in [-0.15, -0.1) is 0 Å². The molecule has 3 aromatic rings. The largest absolute Gasteiger partial charge is 0.422 e. The van der Waals surface area contributed by atoms with Crippen LogP contribution in [0.2, 0.25) is 0 Å². The van der Waals surface area contributed by atoms with E-state index >= 15 is 0 Å². The van der Waals surface area contributed by atoms with Crippen molar-refractivity contribution in [2.24, 2.45) is 0 Å². The van der Waals surface area contributed by atoms with E-state index in [4.69, 9.17) is 4.74 Å². The van der Waals surface area contributed by atoms with Crippen LogP contribution in [0.5, 0.6) is 5.75 Å². The van der Waals surface area contributed by atoms with Gasteiger partial charge in [0.2, 0.25) is 0 Å². The van der Waals surface area contributed by atoms with Gasteiger partial charge in [-0.3, -0.25) is 24.6 Å². The third-order valence-electron chi connectivity index (χ3n) is 5.11. The minimum Gasteiger partial charge on any atom is -0.422 e. The molecule has 0 N–H and O–H groups in total. The molecule has 35 heavy (non-hydrogen) atoms. The lowest BCUT2D eigenvalue weighted by Crippen LogP contribution is -2.27. The number of imide groups is 1. The number of ether oxygens (including phenoxy) is 1. The van der Waals surface area contributed by atoms with Crippen LogP contribution < -0.4 is 4.74 Å². The summed E-state index contributed by atoms with van der Waals surface area (Å²) in [5.74, 6) is -0.816. The first-order valence-corrected chi connectivity index (χ1v) is 11.9. The third-order valence-corrected chi connectivity index (χ3v) is 6.51. The number of nitro groups is 1. The van der Waals surface area contributed by atoms with Gasteiger partial charge in [0.25, 0.3) is 16.8 Å². The predicted octanol–water partition coefficient (Wildman–Crippen LogP) is 6.12. The lowest BCUT2D eigenvalue weighted by Gasteiger charge is -2.12. The topological polar surface area (TPSA) is 107 Å². The molecule has 1 fully saturated rings. The fraction of sp³-hybridized carbons (Fsp3) is 0.0800. The zero-order chi connectivity index (χ0) is 25.1. The Balaban J connectivity index is 1.56. The van der Waals surface area contributed by atoms with Crippen molar-refractivity contribution in [2.45, 2.75) is 13.5 Å². The first-order valence-electron chi connectivity index (χ1n) is 10.3. The summed E-state index contributed by atoms with van der Waals surface area (Å²) >= 11 is 4.15. The van der Waals surface area contributed by atoms with E-state index in [1.807, 2.05) is 6.92 Å². The summed E-state index contributed by atoms with van der Waals surface area (Å²) in [4.78, 5) is 49.6. The molecule has 176 valence electrons. The van der Waals surface area contributed by atoms with Crippen molar-refractivity contribution in [1.82, 2.24) is 4.90 Å². The van der Waals surface area contributed by atoms with Gasteiger partial charge >= 0.3 is 5.97 Å². The van der Waals surface area contributed by atoms with Gasteiger partial charge in [-0.1, -0.05) is 45.8 Å². The van der Waals surface area contributed by atoms with Crippen LogP contribution in [0.4, 0.5) is 10.5 Å². The molecule has 0 atom stereocenters. The maximum Gasteiger partial charge on any atom is 0.343 e. The molecule has 10 heteroatoms. The number of esters is 1. The minimum absolute atomic E-state index is 0.0201. The van der Waals surface area contributed by atoms with E-state index in [-0.39, 0.29) is 22.9 Å². The second-order valence-corrected chi connectivity index (χ2v) is 9.54. The molecule has 0 radical (unpaired) electrons. The zero-order valence-corrected chi connectivity index (χ0v) is 20.7. The monoisotopic (exact) mass is 552 g/mol. The molecular weight excluding hydrogens is 536 g/mol. The Hall–Kier alpha value is -3.76. The second kappa shape index (κ2) is 10.2. The normalized spacial score (nSPS) is 14.5. The number of amides is 2. The molecule has 2 amide bonds. The summed E-state index contributed by atoms with van der Waals surface area (Å²) in [7, 11) is 0. The summed E-state index contributed by atoms with van der Waals surface area (Å²) in [6, 6.07) is 17.6. The van der Waals surface area contributed by atoms with Gasteiger partial charge in [-0.25, -0.2) is 4.79 Å². The number of rotatable bonds is 6. The van der Waals surface area contributed by atoms with Gasteiger partial charge in [0.15, 0.2) is 0 Å². The van der Waals surface area contributed by atoms with Gasteiger partial charge in [-0.05, 0) is 60.7 Å². The van der Waals surface area contributed by atoms with E-state index in [0.717, 1.165) is 22.2 Å². The molecule has 3 aromatic carbocycles. The molecule has 0 spiro atoms. The lowest BCUT2D eigenvalue weighted by molar-refractivity contribution is -0.384. The number of carbonyl (C=O) groups excluding carboxylic acids is 3. The molecule has 0 aromatic heterocycles. The number of hydrogen-bond acceptors (Lipinski definition) is 7. The number of nitrogens with zero attached hydrogens (tertiary/aromatic N) is 2. The molecule has 0 bridgehead atoms. The van der Waals surface area contributed by atoms with Crippen molar-refractivity contribution in [3.8, 4) is 5.75 Å². The van der Waals surface area contributed by atoms with E-state index in [1.54, 1.807) is 42.5 Å². The Bertz CT molecular complexity index is 1370. The fourth-order valence-corrected chi connectivity index (χ4v) is 4.46. The van der Waals surface area contributed by atoms with Crippen LogP contribution in [-0.2, 0) is 11.3 Å². The smallest absolute Gasteiger partial charge is 0.343 e. The molecule has 0 saturated carbocycles. The first kappa shape index (κ1) is 24.4. The zero-order valence-electron chi connectivity index (χ0n) is 18.3. The minimum atomic E-state index is -0.548. The van der Waals surface area contributed by atoms with Crippen molar-refractivity contribution in [2.75, 3.05) is 0 Å². The van der Waals surface area contributed by atoms with E-state index < -0.39 is 22.0 Å². The molecule has 1 aliphatic heterocycles. The summed E-state index contributed by atoms with van der Waals surface area (Å²) in [6.07, 6.45) is 1.50. The highest BCUT2D eigenvalue weighted by molar-refractivity contribution is 9.10. The van der Waals surface area contributed by atoms with Crippen molar-refractivity contribution in [1.29, 1.82) is 0 Å². The highest BCUT2D eigenvalue weighted by atomic mass is 79.9. The van der Waals surface area contributed by atoms with Crippen LogP contribution in [0.3, 0.4) is 0 Å². The quantitative estimate of drug-likeness (QED) is 0.119. The maximum atomic E-state index is 13.0. The van der Waals surface area contributed by atoms with Gasteiger partial charge in [0, 0.05) is 22.2 Å². The van der Waals surface area contributed by atoms with E-state index in [1.165, 1.54) is 30.3 Å². The van der Waals surface area contributed by atoms with Crippen LogP contribution in [0.15, 0.2) is 76.1 Å². The molecule has 0 aliphatic carbocycles. The van der Waals surface area contributed by atoms with Crippen LogP contribution in [0, 0.1) is 17.0 Å². The number of hydrogen-bond donors (Lipinski definition) is 0. The number of benzene rings is 3. The second-order valence-electron chi connectivity index (χ2n) is 7.63. The number of carbonyl (C=O) groups is 3. The number of non-ortho nitro benzene ring substituents is 1. The summed E-state index contributed by atoms with van der Waals surface area (Å²) in [5, 5.41) is 10.4. The fourth-order valence-electron chi connectivity index (χ4n) is 3.26. The Morgan fingerprint density at radius 2 is 1.77 bits per heavy atom. The predicted molar refractivity (Wildman–Crippen MR) is 135 cm³/mol. The van der Waals surface area contributed by atoms with Gasteiger partial charge in [-0.2, -0.15) is 0 Å². The van der Waals surface area contributed by atoms with E-state index in [2.05, 4.69) is 15.9 Å². The van der Waals surface area contributed by atoms with Crippen LogP contribution in [0.25, 0.3) is 6.08 Å². The Labute approximate surface area is 212 Å². The summed E-state index contributed by atoms with van der Waals surface area (Å²) in [5.41, 5.74) is 2.34. The Kier molecular flexibility index (Phi) is 7.13. The molecule has 4 rings (SSSR count). The number of aryl methyl sites for hydroxylation is 1. The highest BCUT2D eigenvalue weighted by Gasteiger charge is 2.35. The van der Waals surface area contributed by atoms with Gasteiger partial charge in [0.05, 0.1) is 21.9 Å². The molecule has 0 unspecified atom stereocenters. The number of halogens is 1. The van der Waals surface area contributed by atoms with Crippen LogP contribution >= 0.6 is 27.7 Å². The lowest BCUT2D eigenvalue weighted by atomic mass is 10.1. The SMILES string of the molecule is Cc1ccc(C(=O)Oc2ccc(Br)cc2/C=C2\SC(=O)N(Cc3ccc([N+](=O)[O-])cc3)C2=O)cc1. The number of thioether (sulfide) groups is 1. The highest BCUT2D eigenvalue weighted by Crippen LogP contribution is 2.36. The Morgan fingerprint density at radius 3 is 2.43 bits per heavy atom. The van der Waals surface area contributed by atoms with Crippen molar-refractivity contribution in [3.05, 3.63) is 108 Å². The third kappa shape index (κ3) is 5.67. The molecule has 8 nitrogen and oxygen atoms in total. The van der Waals surface area contributed by atoms with Crippen molar-refractivity contribution in [3.63, 3.8) is 0 Å². The van der Waals surface area contributed by atoms with E-state index in [9.17, 15) is 24.5 Å². The molecule has 1 saturated heterocycles. The van der Waals surface area contributed by atoms with Gasteiger partial charge in [0.1, 0.15) is 5.75 Å². The van der Waals surface area contributed by atoms with Crippen molar-refractivity contribution < 1.29 is 24.0 Å². The van der Waals surface area contributed by atoms with Crippen LogP contribution in [-0.4, -0.2) is 26.9 Å². The molecular formula is C25H17BrN2O6S. The average molecular weight is 553 g/mol. The maximum absolute atomic E-state index is 13.0. The molecule has 1 heterocycles. The van der Waals surface area contributed by atoms with E-state index in [0.29, 0.717) is 21.2 Å². The summed E-state index contributed by atoms with van der Waals surface area (Å²) in [6.45, 7) is 1.89. The average Bonchev–Trinajstić information content (AvgIpc) is 3.09. The Morgan fingerprint density at radius 1 is 1.09 bits per heavy atom.